The molecule has 0 aliphatic carbocycles. The fourth-order valence-electron chi connectivity index (χ4n) is 1.34. The van der Waals surface area contributed by atoms with Crippen molar-refractivity contribution >= 4 is 11.9 Å². The van der Waals surface area contributed by atoms with Gasteiger partial charge in [0.05, 0.1) is 0 Å². The molecule has 1 amide bonds. The van der Waals surface area contributed by atoms with Gasteiger partial charge in [0.25, 0.3) is 0 Å². The Morgan fingerprint density at radius 2 is 1.65 bits per heavy atom. The van der Waals surface area contributed by atoms with E-state index in [1.165, 1.54) is 4.90 Å². The van der Waals surface area contributed by atoms with Gasteiger partial charge in [-0.3, -0.25) is 9.59 Å². The number of carboxylic acid groups (broad SMARTS) is 1. The second-order valence-corrected chi connectivity index (χ2v) is 5.75. The van der Waals surface area contributed by atoms with Crippen molar-refractivity contribution in [1.29, 1.82) is 0 Å². The Bertz CT molecular complexity index is 269. The van der Waals surface area contributed by atoms with Crippen LogP contribution in [0.15, 0.2) is 0 Å². The number of amides is 1. The van der Waals surface area contributed by atoms with Crippen LogP contribution in [0.5, 0.6) is 0 Å². The number of nitrogens with zero attached hydrogens (tertiary/aromatic N) is 2. The summed E-state index contributed by atoms with van der Waals surface area (Å²) in [6.07, 6.45) is 0.369. The maximum absolute atomic E-state index is 12.0. The predicted octanol–water partition coefficient (Wildman–Crippen LogP) is 0.897. The standard InChI is InChI=1S/C12H24N2O3/c1-12(2,3)8-10(15)14(9-11(16)17)7-6-13(4)5/h6-9H2,1-5H3,(H,16,17). The number of carbonyl (C=O) groups is 2. The molecule has 0 aromatic heterocycles. The Hall–Kier alpha value is -1.10. The number of likely N-dealkylation sites (N-methyl/N-ethyl adjacent to an activating group) is 1. The normalized spacial score (nSPS) is 11.6. The summed E-state index contributed by atoms with van der Waals surface area (Å²) in [6.45, 7) is 6.81. The van der Waals surface area contributed by atoms with E-state index >= 15 is 0 Å². The summed E-state index contributed by atoms with van der Waals surface area (Å²) in [7, 11) is 3.79. The van der Waals surface area contributed by atoms with Crippen LogP contribution in [0.1, 0.15) is 27.2 Å². The van der Waals surface area contributed by atoms with Crippen molar-refractivity contribution in [3.05, 3.63) is 0 Å². The topological polar surface area (TPSA) is 60.9 Å². The third-order valence-corrected chi connectivity index (χ3v) is 2.18. The first-order chi connectivity index (χ1) is 7.61. The van der Waals surface area contributed by atoms with Crippen LogP contribution in [0.2, 0.25) is 0 Å². The highest BCUT2D eigenvalue weighted by Gasteiger charge is 2.22. The first-order valence-corrected chi connectivity index (χ1v) is 5.76. The molecule has 0 saturated heterocycles. The third-order valence-electron chi connectivity index (χ3n) is 2.18. The fraction of sp³-hybridized carbons (Fsp3) is 0.833. The number of carboxylic acids is 1. The Labute approximate surface area is 103 Å². The highest BCUT2D eigenvalue weighted by molar-refractivity contribution is 5.81. The van der Waals surface area contributed by atoms with Gasteiger partial charge in [-0.15, -0.1) is 0 Å². The zero-order chi connectivity index (χ0) is 13.6. The molecule has 0 radical (unpaired) electrons. The van der Waals surface area contributed by atoms with Crippen molar-refractivity contribution in [1.82, 2.24) is 9.80 Å². The summed E-state index contributed by atoms with van der Waals surface area (Å²) in [5.41, 5.74) is -0.119. The van der Waals surface area contributed by atoms with E-state index in [1.54, 1.807) is 0 Å². The Balaban J connectivity index is 4.45. The van der Waals surface area contributed by atoms with Gasteiger partial charge in [-0.05, 0) is 19.5 Å². The number of rotatable bonds is 6. The van der Waals surface area contributed by atoms with E-state index in [1.807, 2.05) is 39.8 Å². The SMILES string of the molecule is CN(C)CCN(CC(=O)O)C(=O)CC(C)(C)C. The zero-order valence-corrected chi connectivity index (χ0v) is 11.5. The molecule has 0 rings (SSSR count). The van der Waals surface area contributed by atoms with Gasteiger partial charge in [-0.1, -0.05) is 20.8 Å². The van der Waals surface area contributed by atoms with Crippen LogP contribution in [-0.4, -0.2) is 60.5 Å². The smallest absolute Gasteiger partial charge is 0.323 e. The molecule has 5 nitrogen and oxygen atoms in total. The molecule has 0 bridgehead atoms. The molecule has 0 aliphatic rings. The number of carbonyl (C=O) groups excluding carboxylic acids is 1. The van der Waals surface area contributed by atoms with Crippen LogP contribution < -0.4 is 0 Å². The lowest BCUT2D eigenvalue weighted by Gasteiger charge is -2.26. The van der Waals surface area contributed by atoms with Gasteiger partial charge in [0.1, 0.15) is 6.54 Å². The third kappa shape index (κ3) is 8.68. The van der Waals surface area contributed by atoms with Gasteiger partial charge >= 0.3 is 5.97 Å². The molecule has 0 fully saturated rings. The summed E-state index contributed by atoms with van der Waals surface area (Å²) in [5.74, 6) is -1.06. The average molecular weight is 244 g/mol. The fourth-order valence-corrected chi connectivity index (χ4v) is 1.34. The summed E-state index contributed by atoms with van der Waals surface area (Å²) in [6, 6.07) is 0. The van der Waals surface area contributed by atoms with E-state index in [0.717, 1.165) is 0 Å². The predicted molar refractivity (Wildman–Crippen MR) is 66.8 cm³/mol. The molecule has 0 atom stereocenters. The Kier molecular flexibility index (Phi) is 6.16. The van der Waals surface area contributed by atoms with Crippen molar-refractivity contribution in [3.63, 3.8) is 0 Å². The molecule has 5 heteroatoms. The molecule has 0 saturated carbocycles. The molecule has 0 aromatic rings. The van der Waals surface area contributed by atoms with Gasteiger partial charge in [0.15, 0.2) is 0 Å². The Morgan fingerprint density at radius 3 is 2.00 bits per heavy atom. The average Bonchev–Trinajstić information content (AvgIpc) is 2.08. The minimum absolute atomic E-state index is 0.0956. The number of hydrogen-bond acceptors (Lipinski definition) is 3. The van der Waals surface area contributed by atoms with E-state index in [0.29, 0.717) is 19.5 Å². The molecule has 1 N–H and O–H groups in total. The van der Waals surface area contributed by atoms with Crippen LogP contribution in [0.4, 0.5) is 0 Å². The van der Waals surface area contributed by atoms with Crippen LogP contribution in [0.25, 0.3) is 0 Å². The van der Waals surface area contributed by atoms with Gasteiger partial charge < -0.3 is 14.9 Å². The first-order valence-electron chi connectivity index (χ1n) is 5.76. The lowest BCUT2D eigenvalue weighted by atomic mass is 9.91. The summed E-state index contributed by atoms with van der Waals surface area (Å²) >= 11 is 0. The monoisotopic (exact) mass is 244 g/mol. The van der Waals surface area contributed by atoms with Crippen LogP contribution >= 0.6 is 0 Å². The molecule has 17 heavy (non-hydrogen) atoms. The second-order valence-electron chi connectivity index (χ2n) is 5.75. The molecular formula is C12H24N2O3. The number of hydrogen-bond donors (Lipinski definition) is 1. The van der Waals surface area contributed by atoms with Gasteiger partial charge in [0.2, 0.25) is 5.91 Å². The molecule has 0 aromatic carbocycles. The number of aliphatic carboxylic acids is 1. The maximum atomic E-state index is 12.0. The zero-order valence-electron chi connectivity index (χ0n) is 11.5. The lowest BCUT2D eigenvalue weighted by molar-refractivity contribution is -0.145. The van der Waals surface area contributed by atoms with Crippen LogP contribution in [0.3, 0.4) is 0 Å². The quantitative estimate of drug-likeness (QED) is 0.754. The van der Waals surface area contributed by atoms with E-state index < -0.39 is 5.97 Å². The van der Waals surface area contributed by atoms with Crippen molar-refractivity contribution in [2.75, 3.05) is 33.7 Å². The minimum Gasteiger partial charge on any atom is -0.480 e. The van der Waals surface area contributed by atoms with Crippen molar-refractivity contribution in [2.45, 2.75) is 27.2 Å². The first kappa shape index (κ1) is 15.9. The maximum Gasteiger partial charge on any atom is 0.323 e. The van der Waals surface area contributed by atoms with Crippen LogP contribution in [0, 0.1) is 5.41 Å². The lowest BCUT2D eigenvalue weighted by Crippen LogP contribution is -2.41. The molecule has 0 aliphatic heterocycles. The Morgan fingerprint density at radius 1 is 1.12 bits per heavy atom. The van der Waals surface area contributed by atoms with Gasteiger partial charge in [0, 0.05) is 19.5 Å². The highest BCUT2D eigenvalue weighted by Crippen LogP contribution is 2.19. The molecule has 0 unspecified atom stereocenters. The molecular weight excluding hydrogens is 220 g/mol. The summed E-state index contributed by atoms with van der Waals surface area (Å²) in [5, 5.41) is 8.79. The van der Waals surface area contributed by atoms with Crippen LogP contribution in [-0.2, 0) is 9.59 Å². The summed E-state index contributed by atoms with van der Waals surface area (Å²) < 4.78 is 0. The van der Waals surface area contributed by atoms with E-state index in [4.69, 9.17) is 5.11 Å². The highest BCUT2D eigenvalue weighted by atomic mass is 16.4. The molecule has 0 spiro atoms. The van der Waals surface area contributed by atoms with Crippen molar-refractivity contribution in [2.24, 2.45) is 5.41 Å². The molecule has 100 valence electrons. The van der Waals surface area contributed by atoms with Gasteiger partial charge in [-0.2, -0.15) is 0 Å². The summed E-state index contributed by atoms with van der Waals surface area (Å²) in [4.78, 5) is 26.0. The largest absolute Gasteiger partial charge is 0.480 e. The minimum atomic E-state index is -0.967. The van der Waals surface area contributed by atoms with E-state index in [9.17, 15) is 9.59 Å². The second kappa shape index (κ2) is 6.59. The van der Waals surface area contributed by atoms with Crippen molar-refractivity contribution < 1.29 is 14.7 Å². The van der Waals surface area contributed by atoms with E-state index in [-0.39, 0.29) is 17.9 Å². The molecule has 0 heterocycles. The van der Waals surface area contributed by atoms with Crippen molar-refractivity contribution in [3.8, 4) is 0 Å². The van der Waals surface area contributed by atoms with E-state index in [2.05, 4.69) is 0 Å². The van der Waals surface area contributed by atoms with Gasteiger partial charge in [-0.25, -0.2) is 0 Å².